The maximum atomic E-state index is 12.2. The van der Waals surface area contributed by atoms with Crippen LogP contribution in [0.4, 0.5) is 0 Å². The van der Waals surface area contributed by atoms with Crippen LogP contribution in [0.1, 0.15) is 17.3 Å². The van der Waals surface area contributed by atoms with Gasteiger partial charge in [-0.25, -0.2) is 4.79 Å². The van der Waals surface area contributed by atoms with Crippen LogP contribution in [0.5, 0.6) is 0 Å². The van der Waals surface area contributed by atoms with E-state index in [-0.39, 0.29) is 5.97 Å². The van der Waals surface area contributed by atoms with Crippen LogP contribution in [0.2, 0.25) is 0 Å². The van der Waals surface area contributed by atoms with Gasteiger partial charge in [0.15, 0.2) is 6.20 Å². The smallest absolute Gasteiger partial charge is 0.338 e. The van der Waals surface area contributed by atoms with E-state index in [1.165, 1.54) is 6.20 Å². The van der Waals surface area contributed by atoms with Crippen LogP contribution in [0.15, 0.2) is 60.8 Å². The monoisotopic (exact) mass is 293 g/mol. The molecule has 0 saturated carbocycles. The third kappa shape index (κ3) is 2.51. The molecule has 110 valence electrons. The Labute approximate surface area is 128 Å². The number of hydrogen-bond donors (Lipinski definition) is 0. The second kappa shape index (κ2) is 5.85. The number of carbonyl (C=O) groups excluding carboxylic acids is 1. The predicted molar refractivity (Wildman–Crippen MR) is 84.3 cm³/mol. The zero-order valence-corrected chi connectivity index (χ0v) is 12.2. The molecular formula is C18H15NO3. The average Bonchev–Trinajstić information content (AvgIpc) is 2.55. The van der Waals surface area contributed by atoms with Gasteiger partial charge in [0.25, 0.3) is 0 Å². The number of rotatable bonds is 3. The molecule has 3 aromatic rings. The summed E-state index contributed by atoms with van der Waals surface area (Å²) < 4.78 is 5.81. The summed E-state index contributed by atoms with van der Waals surface area (Å²) in [5.74, 6) is -0.359. The molecule has 0 atom stereocenters. The second-order valence-electron chi connectivity index (χ2n) is 4.88. The fraction of sp³-hybridized carbons (Fsp3) is 0.111. The topological polar surface area (TPSA) is 53.2 Å². The molecule has 0 saturated heterocycles. The van der Waals surface area contributed by atoms with Gasteiger partial charge in [-0.05, 0) is 42.6 Å². The Morgan fingerprint density at radius 1 is 1.09 bits per heavy atom. The zero-order valence-electron chi connectivity index (χ0n) is 12.2. The zero-order chi connectivity index (χ0) is 15.5. The average molecular weight is 293 g/mol. The number of ether oxygens (including phenoxy) is 1. The van der Waals surface area contributed by atoms with Gasteiger partial charge >= 0.3 is 5.97 Å². The first-order valence-electron chi connectivity index (χ1n) is 7.09. The van der Waals surface area contributed by atoms with E-state index in [0.717, 1.165) is 21.1 Å². The maximum absolute atomic E-state index is 12.2. The minimum absolute atomic E-state index is 0.338. The molecule has 1 aromatic heterocycles. The maximum Gasteiger partial charge on any atom is 0.338 e. The summed E-state index contributed by atoms with van der Waals surface area (Å²) in [6, 6.07) is 16.4. The van der Waals surface area contributed by atoms with Crippen LogP contribution in [0.3, 0.4) is 0 Å². The quantitative estimate of drug-likeness (QED) is 0.423. The third-order valence-corrected chi connectivity index (χ3v) is 3.50. The van der Waals surface area contributed by atoms with Crippen molar-refractivity contribution in [2.45, 2.75) is 6.92 Å². The van der Waals surface area contributed by atoms with E-state index in [9.17, 15) is 10.0 Å². The number of esters is 1. The van der Waals surface area contributed by atoms with Crippen molar-refractivity contribution in [1.29, 1.82) is 0 Å². The van der Waals surface area contributed by atoms with Gasteiger partial charge in [0, 0.05) is 11.6 Å². The van der Waals surface area contributed by atoms with Gasteiger partial charge < -0.3 is 9.94 Å². The van der Waals surface area contributed by atoms with Gasteiger partial charge in [-0.1, -0.05) is 18.2 Å². The molecule has 0 N–H and O–H groups in total. The SMILES string of the molecule is CCOC(=O)c1ccc(-c2c3ccccc3cc[n+]2[O-])cc1. The van der Waals surface area contributed by atoms with Crippen molar-refractivity contribution >= 4 is 16.7 Å². The highest BCUT2D eigenvalue weighted by Gasteiger charge is 2.14. The van der Waals surface area contributed by atoms with Crippen LogP contribution in [-0.4, -0.2) is 12.6 Å². The highest BCUT2D eigenvalue weighted by Crippen LogP contribution is 2.25. The normalized spacial score (nSPS) is 10.6. The van der Waals surface area contributed by atoms with Crippen molar-refractivity contribution in [1.82, 2.24) is 0 Å². The molecule has 0 spiro atoms. The van der Waals surface area contributed by atoms with Crippen LogP contribution in [0.25, 0.3) is 22.0 Å². The molecule has 4 heteroatoms. The lowest BCUT2D eigenvalue weighted by atomic mass is 10.0. The van der Waals surface area contributed by atoms with Gasteiger partial charge in [-0.3, -0.25) is 0 Å². The Hall–Kier alpha value is -2.88. The third-order valence-electron chi connectivity index (χ3n) is 3.50. The molecule has 4 nitrogen and oxygen atoms in total. The number of aromatic nitrogens is 1. The molecule has 0 fully saturated rings. The summed E-state index contributed by atoms with van der Waals surface area (Å²) in [6.07, 6.45) is 1.50. The number of benzene rings is 2. The lowest BCUT2D eigenvalue weighted by Crippen LogP contribution is -2.28. The van der Waals surface area contributed by atoms with Gasteiger partial charge in [-0.2, -0.15) is 4.73 Å². The van der Waals surface area contributed by atoms with E-state index in [2.05, 4.69) is 0 Å². The summed E-state index contributed by atoms with van der Waals surface area (Å²) in [5, 5.41) is 14.1. The van der Waals surface area contributed by atoms with Crippen molar-refractivity contribution in [3.63, 3.8) is 0 Å². The molecule has 0 radical (unpaired) electrons. The summed E-state index contributed by atoms with van der Waals surface area (Å²) in [4.78, 5) is 11.7. The number of nitrogens with zero attached hydrogens (tertiary/aromatic N) is 1. The van der Waals surface area contributed by atoms with E-state index >= 15 is 0 Å². The predicted octanol–water partition coefficient (Wildman–Crippen LogP) is 3.32. The molecule has 2 aromatic carbocycles. The lowest BCUT2D eigenvalue weighted by molar-refractivity contribution is -0.592. The highest BCUT2D eigenvalue weighted by molar-refractivity contribution is 5.94. The fourth-order valence-electron chi connectivity index (χ4n) is 2.46. The van der Waals surface area contributed by atoms with Crippen molar-refractivity contribution in [3.8, 4) is 11.3 Å². The Morgan fingerprint density at radius 2 is 1.82 bits per heavy atom. The Morgan fingerprint density at radius 3 is 2.55 bits per heavy atom. The van der Waals surface area contributed by atoms with E-state index in [1.54, 1.807) is 37.3 Å². The molecule has 0 aliphatic heterocycles. The van der Waals surface area contributed by atoms with E-state index in [0.29, 0.717) is 17.9 Å². The van der Waals surface area contributed by atoms with Gasteiger partial charge in [0.05, 0.1) is 17.6 Å². The number of pyridine rings is 1. The summed E-state index contributed by atoms with van der Waals surface area (Å²) in [7, 11) is 0. The summed E-state index contributed by atoms with van der Waals surface area (Å²) >= 11 is 0. The van der Waals surface area contributed by atoms with Crippen LogP contribution < -0.4 is 4.73 Å². The second-order valence-corrected chi connectivity index (χ2v) is 4.88. The summed E-state index contributed by atoms with van der Waals surface area (Å²) in [6.45, 7) is 2.10. The van der Waals surface area contributed by atoms with Crippen molar-refractivity contribution in [2.24, 2.45) is 0 Å². The number of carbonyl (C=O) groups is 1. The first kappa shape index (κ1) is 14.1. The van der Waals surface area contributed by atoms with E-state index in [1.807, 2.05) is 24.3 Å². The van der Waals surface area contributed by atoms with Gasteiger partial charge in [0.2, 0.25) is 5.69 Å². The number of hydrogen-bond acceptors (Lipinski definition) is 3. The molecule has 0 amide bonds. The van der Waals surface area contributed by atoms with Gasteiger partial charge in [-0.15, -0.1) is 0 Å². The minimum Gasteiger partial charge on any atom is -0.618 e. The molecule has 0 unspecified atom stereocenters. The molecule has 1 heterocycles. The van der Waals surface area contributed by atoms with Crippen LogP contribution in [-0.2, 0) is 4.74 Å². The van der Waals surface area contributed by atoms with Crippen molar-refractivity contribution in [2.75, 3.05) is 6.61 Å². The van der Waals surface area contributed by atoms with Crippen molar-refractivity contribution < 1.29 is 14.3 Å². The largest absolute Gasteiger partial charge is 0.618 e. The lowest BCUT2D eigenvalue weighted by Gasteiger charge is -2.08. The van der Waals surface area contributed by atoms with Crippen molar-refractivity contribution in [3.05, 3.63) is 71.6 Å². The molecular weight excluding hydrogens is 278 g/mol. The van der Waals surface area contributed by atoms with Crippen LogP contribution in [0, 0.1) is 5.21 Å². The first-order chi connectivity index (χ1) is 10.7. The molecule has 0 aliphatic carbocycles. The molecule has 0 aliphatic rings. The number of fused-ring (bicyclic) bond motifs is 1. The Kier molecular flexibility index (Phi) is 3.74. The first-order valence-corrected chi connectivity index (χ1v) is 7.09. The van der Waals surface area contributed by atoms with E-state index in [4.69, 9.17) is 4.74 Å². The van der Waals surface area contributed by atoms with E-state index < -0.39 is 0 Å². The standard InChI is InChI=1S/C18H15NO3/c1-2-22-18(20)15-9-7-14(8-10-15)17-16-6-4-3-5-13(16)11-12-19(17)21/h3-12H,2H2,1H3. The minimum atomic E-state index is -0.359. The molecule has 0 bridgehead atoms. The Balaban J connectivity index is 2.08. The summed E-state index contributed by atoms with van der Waals surface area (Å²) in [5.41, 5.74) is 1.82. The Bertz CT molecular complexity index is 825. The fourth-order valence-corrected chi connectivity index (χ4v) is 2.46. The highest BCUT2D eigenvalue weighted by atomic mass is 16.5. The molecule has 22 heavy (non-hydrogen) atoms. The van der Waals surface area contributed by atoms with Crippen LogP contribution >= 0.6 is 0 Å². The van der Waals surface area contributed by atoms with Gasteiger partial charge in [0.1, 0.15) is 0 Å². The molecule has 3 rings (SSSR count).